The van der Waals surface area contributed by atoms with Gasteiger partial charge in [-0.25, -0.2) is 0 Å². The summed E-state index contributed by atoms with van der Waals surface area (Å²) in [4.78, 5) is 11.1. The van der Waals surface area contributed by atoms with Crippen molar-refractivity contribution < 1.29 is 9.53 Å². The molecule has 1 rings (SSSR count). The molecule has 1 N–H and O–H groups in total. The van der Waals surface area contributed by atoms with E-state index >= 15 is 0 Å². The number of carbonyl (C=O) groups is 1. The smallest absolute Gasteiger partial charge is 0.296 e. The van der Waals surface area contributed by atoms with E-state index in [1.165, 1.54) is 0 Å². The normalized spacial score (nSPS) is 21.0. The minimum atomic E-state index is -0.193. The summed E-state index contributed by atoms with van der Waals surface area (Å²) in [5.41, 5.74) is 0. The van der Waals surface area contributed by atoms with Gasteiger partial charge in [0.05, 0.1) is 6.61 Å². The first-order chi connectivity index (χ1) is 6.18. The SMILES string of the molecule is CC(C)NC(=O)C#CC1CCOC1. The minimum absolute atomic E-state index is 0.154. The number of amides is 1. The zero-order valence-electron chi connectivity index (χ0n) is 8.09. The van der Waals surface area contributed by atoms with Gasteiger partial charge in [-0.15, -0.1) is 0 Å². The summed E-state index contributed by atoms with van der Waals surface area (Å²) in [5, 5.41) is 2.71. The Morgan fingerprint density at radius 1 is 1.62 bits per heavy atom. The summed E-state index contributed by atoms with van der Waals surface area (Å²) < 4.78 is 5.14. The largest absolute Gasteiger partial charge is 0.380 e. The Labute approximate surface area is 78.8 Å². The topological polar surface area (TPSA) is 38.3 Å². The van der Waals surface area contributed by atoms with E-state index in [4.69, 9.17) is 4.74 Å². The molecule has 3 heteroatoms. The molecule has 0 radical (unpaired) electrons. The highest BCUT2D eigenvalue weighted by Crippen LogP contribution is 2.09. The van der Waals surface area contributed by atoms with Crippen LogP contribution in [0.2, 0.25) is 0 Å². The van der Waals surface area contributed by atoms with Gasteiger partial charge in [0.25, 0.3) is 5.91 Å². The van der Waals surface area contributed by atoms with Crippen LogP contribution in [0, 0.1) is 17.8 Å². The average Bonchev–Trinajstić information content (AvgIpc) is 2.51. The monoisotopic (exact) mass is 181 g/mol. The molecule has 1 aliphatic heterocycles. The van der Waals surface area contributed by atoms with Crippen molar-refractivity contribution in [2.24, 2.45) is 5.92 Å². The van der Waals surface area contributed by atoms with Gasteiger partial charge in [0.2, 0.25) is 0 Å². The number of hydrogen-bond donors (Lipinski definition) is 1. The molecule has 0 bridgehead atoms. The molecule has 1 fully saturated rings. The zero-order chi connectivity index (χ0) is 9.68. The molecule has 0 aromatic heterocycles. The van der Waals surface area contributed by atoms with Crippen molar-refractivity contribution >= 4 is 5.91 Å². The molecule has 13 heavy (non-hydrogen) atoms. The quantitative estimate of drug-likeness (QED) is 0.600. The first-order valence-corrected chi connectivity index (χ1v) is 4.58. The summed E-state index contributed by atoms with van der Waals surface area (Å²) in [6.45, 7) is 5.27. The third-order valence-electron chi connectivity index (χ3n) is 1.74. The number of hydrogen-bond acceptors (Lipinski definition) is 2. The predicted molar refractivity (Wildman–Crippen MR) is 50.0 cm³/mol. The van der Waals surface area contributed by atoms with Crippen molar-refractivity contribution in [3.05, 3.63) is 0 Å². The first kappa shape index (κ1) is 10.1. The van der Waals surface area contributed by atoms with Crippen LogP contribution in [-0.2, 0) is 9.53 Å². The second-order valence-corrected chi connectivity index (χ2v) is 3.46. The highest BCUT2D eigenvalue weighted by Gasteiger charge is 2.12. The molecule has 1 atom stereocenters. The molecular weight excluding hydrogens is 166 g/mol. The van der Waals surface area contributed by atoms with Crippen molar-refractivity contribution in [1.82, 2.24) is 5.32 Å². The maximum absolute atomic E-state index is 11.1. The van der Waals surface area contributed by atoms with E-state index in [9.17, 15) is 4.79 Å². The fourth-order valence-electron chi connectivity index (χ4n) is 1.11. The molecule has 0 aromatic carbocycles. The molecule has 0 spiro atoms. The number of rotatable bonds is 1. The summed E-state index contributed by atoms with van der Waals surface area (Å²) in [7, 11) is 0. The molecule has 3 nitrogen and oxygen atoms in total. The van der Waals surface area contributed by atoms with E-state index in [-0.39, 0.29) is 17.9 Å². The van der Waals surface area contributed by atoms with Crippen LogP contribution in [0.25, 0.3) is 0 Å². The lowest BCUT2D eigenvalue weighted by Crippen LogP contribution is -2.28. The number of ether oxygens (including phenoxy) is 1. The second-order valence-electron chi connectivity index (χ2n) is 3.46. The van der Waals surface area contributed by atoms with Crippen LogP contribution < -0.4 is 5.32 Å². The second kappa shape index (κ2) is 4.88. The summed E-state index contributed by atoms with van der Waals surface area (Å²) >= 11 is 0. The third kappa shape index (κ3) is 3.95. The first-order valence-electron chi connectivity index (χ1n) is 4.58. The van der Waals surface area contributed by atoms with Crippen molar-refractivity contribution in [2.45, 2.75) is 26.3 Å². The Kier molecular flexibility index (Phi) is 3.78. The molecule has 72 valence electrons. The molecule has 0 aromatic rings. The van der Waals surface area contributed by atoms with Crippen molar-refractivity contribution in [3.8, 4) is 11.8 Å². The maximum atomic E-state index is 11.1. The molecular formula is C10H15NO2. The van der Waals surface area contributed by atoms with Gasteiger partial charge in [-0.2, -0.15) is 0 Å². The van der Waals surface area contributed by atoms with Gasteiger partial charge in [-0.05, 0) is 26.2 Å². The highest BCUT2D eigenvalue weighted by atomic mass is 16.5. The van der Waals surface area contributed by atoms with Crippen LogP contribution in [0.3, 0.4) is 0 Å². The summed E-state index contributed by atoms with van der Waals surface area (Å²) in [5.74, 6) is 5.53. The van der Waals surface area contributed by atoms with Gasteiger partial charge < -0.3 is 10.1 Å². The third-order valence-corrected chi connectivity index (χ3v) is 1.74. The Morgan fingerprint density at radius 2 is 2.38 bits per heavy atom. The summed E-state index contributed by atoms with van der Waals surface area (Å²) in [6.07, 6.45) is 0.946. The Balaban J connectivity index is 2.32. The lowest BCUT2D eigenvalue weighted by atomic mass is 10.1. The van der Waals surface area contributed by atoms with Crippen LogP contribution in [0.1, 0.15) is 20.3 Å². The van der Waals surface area contributed by atoms with Gasteiger partial charge in [0, 0.05) is 18.6 Å². The van der Waals surface area contributed by atoms with E-state index in [0.717, 1.165) is 13.0 Å². The van der Waals surface area contributed by atoms with E-state index in [1.807, 2.05) is 13.8 Å². The Bertz CT molecular complexity index is 231. The lowest BCUT2D eigenvalue weighted by Gasteiger charge is -2.02. The van der Waals surface area contributed by atoms with E-state index in [0.29, 0.717) is 6.61 Å². The van der Waals surface area contributed by atoms with E-state index < -0.39 is 0 Å². The van der Waals surface area contributed by atoms with Gasteiger partial charge in [-0.1, -0.05) is 5.92 Å². The van der Waals surface area contributed by atoms with E-state index in [1.54, 1.807) is 0 Å². The number of nitrogens with one attached hydrogen (secondary N) is 1. The molecule has 1 aliphatic rings. The van der Waals surface area contributed by atoms with Crippen LogP contribution >= 0.6 is 0 Å². The minimum Gasteiger partial charge on any atom is -0.380 e. The van der Waals surface area contributed by atoms with Crippen molar-refractivity contribution in [1.29, 1.82) is 0 Å². The molecule has 0 aliphatic carbocycles. The molecule has 1 unspecified atom stereocenters. The van der Waals surface area contributed by atoms with E-state index in [2.05, 4.69) is 17.2 Å². The fourth-order valence-corrected chi connectivity index (χ4v) is 1.11. The lowest BCUT2D eigenvalue weighted by molar-refractivity contribution is -0.116. The predicted octanol–water partition coefficient (Wildman–Crippen LogP) is 0.551. The molecule has 1 heterocycles. The van der Waals surface area contributed by atoms with Crippen LogP contribution in [0.15, 0.2) is 0 Å². The Morgan fingerprint density at radius 3 is 2.92 bits per heavy atom. The van der Waals surface area contributed by atoms with Crippen LogP contribution in [-0.4, -0.2) is 25.2 Å². The van der Waals surface area contributed by atoms with Crippen molar-refractivity contribution in [3.63, 3.8) is 0 Å². The van der Waals surface area contributed by atoms with Crippen molar-refractivity contribution in [2.75, 3.05) is 13.2 Å². The standard InChI is InChI=1S/C10H15NO2/c1-8(2)11-10(12)4-3-9-5-6-13-7-9/h8-9H,5-7H2,1-2H3,(H,11,12). The molecule has 1 saturated heterocycles. The van der Waals surface area contributed by atoms with Gasteiger partial charge >= 0.3 is 0 Å². The average molecular weight is 181 g/mol. The summed E-state index contributed by atoms with van der Waals surface area (Å²) in [6, 6.07) is 0.154. The van der Waals surface area contributed by atoms with Crippen LogP contribution in [0.5, 0.6) is 0 Å². The fraction of sp³-hybridized carbons (Fsp3) is 0.700. The van der Waals surface area contributed by atoms with Gasteiger partial charge in [-0.3, -0.25) is 4.79 Å². The van der Waals surface area contributed by atoms with Gasteiger partial charge in [0.15, 0.2) is 0 Å². The number of carbonyl (C=O) groups excluding carboxylic acids is 1. The molecule has 0 saturated carbocycles. The van der Waals surface area contributed by atoms with Crippen LogP contribution in [0.4, 0.5) is 0 Å². The highest BCUT2D eigenvalue weighted by molar-refractivity contribution is 5.93. The maximum Gasteiger partial charge on any atom is 0.296 e. The Hall–Kier alpha value is -1.01. The zero-order valence-corrected chi connectivity index (χ0v) is 8.09. The molecule has 1 amide bonds. The van der Waals surface area contributed by atoms with Gasteiger partial charge in [0.1, 0.15) is 0 Å².